The fourth-order valence-corrected chi connectivity index (χ4v) is 2.39. The van der Waals surface area contributed by atoms with Crippen LogP contribution in [0.3, 0.4) is 0 Å². The Kier molecular flexibility index (Phi) is 4.22. The monoisotopic (exact) mass is 301 g/mol. The van der Waals surface area contributed by atoms with Gasteiger partial charge in [0.25, 0.3) is 5.91 Å². The summed E-state index contributed by atoms with van der Waals surface area (Å²) in [4.78, 5) is 17.9. The maximum Gasteiger partial charge on any atom is 0.418 e. The molecule has 1 fully saturated rings. The fraction of sp³-hybridized carbons (Fsp3) is 0.571. The van der Waals surface area contributed by atoms with Crippen LogP contribution in [0.1, 0.15) is 35.8 Å². The van der Waals surface area contributed by atoms with Crippen molar-refractivity contribution in [2.75, 3.05) is 20.1 Å². The lowest BCUT2D eigenvalue weighted by Crippen LogP contribution is -2.53. The Morgan fingerprint density at radius 1 is 1.38 bits per heavy atom. The summed E-state index contributed by atoms with van der Waals surface area (Å²) in [6.45, 7) is 3.45. The van der Waals surface area contributed by atoms with Crippen LogP contribution < -0.4 is 5.32 Å². The van der Waals surface area contributed by atoms with Crippen LogP contribution in [0.2, 0.25) is 0 Å². The second kappa shape index (κ2) is 5.63. The van der Waals surface area contributed by atoms with Crippen LogP contribution in [0.5, 0.6) is 0 Å². The lowest BCUT2D eigenvalue weighted by atomic mass is 9.89. The van der Waals surface area contributed by atoms with Gasteiger partial charge in [-0.1, -0.05) is 0 Å². The molecule has 0 saturated carbocycles. The Balaban J connectivity index is 2.18. The summed E-state index contributed by atoms with van der Waals surface area (Å²) >= 11 is 0. The number of hydrogen-bond donors (Lipinski definition) is 1. The Labute approximate surface area is 121 Å². The molecular formula is C14H18F3N3O. The molecule has 0 bridgehead atoms. The minimum absolute atomic E-state index is 0.496. The van der Waals surface area contributed by atoms with Gasteiger partial charge in [-0.15, -0.1) is 0 Å². The van der Waals surface area contributed by atoms with Crippen molar-refractivity contribution in [3.63, 3.8) is 0 Å². The van der Waals surface area contributed by atoms with Gasteiger partial charge in [0.05, 0.1) is 5.56 Å². The maximum atomic E-state index is 12.9. The van der Waals surface area contributed by atoms with Crippen LogP contribution in [-0.2, 0) is 6.18 Å². The van der Waals surface area contributed by atoms with Crippen molar-refractivity contribution < 1.29 is 18.0 Å². The number of hydrogen-bond acceptors (Lipinski definition) is 3. The van der Waals surface area contributed by atoms with Crippen molar-refractivity contribution in [3.8, 4) is 0 Å². The highest BCUT2D eigenvalue weighted by atomic mass is 19.4. The number of aromatic nitrogens is 1. The van der Waals surface area contributed by atoms with E-state index in [2.05, 4.69) is 15.2 Å². The Morgan fingerprint density at radius 3 is 2.57 bits per heavy atom. The second-order valence-electron chi connectivity index (χ2n) is 5.72. The molecule has 7 heteroatoms. The third-order valence-electron chi connectivity index (χ3n) is 3.83. The molecular weight excluding hydrogens is 283 g/mol. The molecule has 0 radical (unpaired) electrons. The van der Waals surface area contributed by atoms with Gasteiger partial charge in [-0.2, -0.15) is 13.2 Å². The van der Waals surface area contributed by atoms with Gasteiger partial charge in [0.2, 0.25) is 0 Å². The number of amides is 1. The third-order valence-corrected chi connectivity index (χ3v) is 3.83. The van der Waals surface area contributed by atoms with Crippen LogP contribution in [0.25, 0.3) is 0 Å². The molecule has 1 aliphatic rings. The molecule has 0 aromatic carbocycles. The van der Waals surface area contributed by atoms with E-state index in [1.54, 1.807) is 0 Å². The van der Waals surface area contributed by atoms with E-state index in [1.807, 2.05) is 14.0 Å². The molecule has 1 saturated heterocycles. The molecule has 2 rings (SSSR count). The van der Waals surface area contributed by atoms with E-state index < -0.39 is 28.9 Å². The molecule has 1 N–H and O–H groups in total. The van der Waals surface area contributed by atoms with Crippen molar-refractivity contribution in [2.24, 2.45) is 0 Å². The standard InChI is InChI=1S/C14H18F3N3O/c1-13(5-8-20(2)9-6-13)19-12(21)11-10(14(15,16)17)4-3-7-18-11/h3-4,7H,5-6,8-9H2,1-2H3,(H,19,21). The first-order valence-corrected chi connectivity index (χ1v) is 6.74. The Hall–Kier alpha value is -1.63. The van der Waals surface area contributed by atoms with Crippen molar-refractivity contribution in [1.82, 2.24) is 15.2 Å². The van der Waals surface area contributed by atoms with Crippen molar-refractivity contribution in [1.29, 1.82) is 0 Å². The van der Waals surface area contributed by atoms with Crippen LogP contribution in [-0.4, -0.2) is 41.5 Å². The summed E-state index contributed by atoms with van der Waals surface area (Å²) in [7, 11) is 1.97. The Bertz CT molecular complexity index is 522. The molecule has 0 atom stereocenters. The number of likely N-dealkylation sites (tertiary alicyclic amines) is 1. The van der Waals surface area contributed by atoms with Gasteiger partial charge in [0.1, 0.15) is 5.69 Å². The average Bonchev–Trinajstić information content (AvgIpc) is 2.41. The number of carbonyl (C=O) groups excluding carboxylic acids is 1. The van der Waals surface area contributed by atoms with Crippen molar-refractivity contribution in [3.05, 3.63) is 29.6 Å². The van der Waals surface area contributed by atoms with E-state index in [9.17, 15) is 18.0 Å². The average molecular weight is 301 g/mol. The number of piperidine rings is 1. The first-order valence-electron chi connectivity index (χ1n) is 6.74. The summed E-state index contributed by atoms with van der Waals surface area (Å²) in [6, 6.07) is 2.05. The lowest BCUT2D eigenvalue weighted by Gasteiger charge is -2.38. The molecule has 1 aromatic rings. The summed E-state index contributed by atoms with van der Waals surface area (Å²) < 4.78 is 38.7. The zero-order valence-corrected chi connectivity index (χ0v) is 12.0. The summed E-state index contributed by atoms with van der Waals surface area (Å²) in [5, 5.41) is 2.72. The first-order chi connectivity index (χ1) is 9.71. The number of nitrogens with zero attached hydrogens (tertiary/aromatic N) is 2. The number of rotatable bonds is 2. The van der Waals surface area contributed by atoms with E-state index in [1.165, 1.54) is 12.3 Å². The van der Waals surface area contributed by atoms with Gasteiger partial charge in [-0.05, 0) is 38.9 Å². The van der Waals surface area contributed by atoms with Crippen LogP contribution in [0.15, 0.2) is 18.3 Å². The highest BCUT2D eigenvalue weighted by Gasteiger charge is 2.38. The fourth-order valence-electron chi connectivity index (χ4n) is 2.39. The molecule has 116 valence electrons. The van der Waals surface area contributed by atoms with E-state index in [-0.39, 0.29) is 0 Å². The Morgan fingerprint density at radius 2 is 2.00 bits per heavy atom. The molecule has 21 heavy (non-hydrogen) atoms. The van der Waals surface area contributed by atoms with Crippen molar-refractivity contribution >= 4 is 5.91 Å². The SMILES string of the molecule is CN1CCC(C)(NC(=O)c2ncccc2C(F)(F)F)CC1. The molecule has 0 unspecified atom stereocenters. The highest BCUT2D eigenvalue weighted by Crippen LogP contribution is 2.31. The minimum atomic E-state index is -4.59. The van der Waals surface area contributed by atoms with Gasteiger partial charge < -0.3 is 10.2 Å². The van der Waals surface area contributed by atoms with E-state index >= 15 is 0 Å². The zero-order chi connectivity index (χ0) is 15.7. The number of alkyl halides is 3. The molecule has 1 amide bonds. The van der Waals surface area contributed by atoms with Crippen LogP contribution in [0.4, 0.5) is 13.2 Å². The molecule has 1 aliphatic heterocycles. The molecule has 4 nitrogen and oxygen atoms in total. The number of pyridine rings is 1. The largest absolute Gasteiger partial charge is 0.418 e. The second-order valence-corrected chi connectivity index (χ2v) is 5.72. The number of halogens is 3. The molecule has 0 spiro atoms. The first kappa shape index (κ1) is 15.8. The number of nitrogens with one attached hydrogen (secondary N) is 1. The number of carbonyl (C=O) groups is 1. The normalized spacial score (nSPS) is 19.3. The predicted octanol–water partition coefficient (Wildman–Crippen LogP) is 2.31. The van der Waals surface area contributed by atoms with Gasteiger partial charge in [-0.3, -0.25) is 9.78 Å². The summed E-state index contributed by atoms with van der Waals surface area (Å²) in [5.74, 6) is -0.769. The van der Waals surface area contributed by atoms with E-state index in [4.69, 9.17) is 0 Å². The zero-order valence-electron chi connectivity index (χ0n) is 12.0. The predicted molar refractivity (Wildman–Crippen MR) is 71.8 cm³/mol. The molecule has 2 heterocycles. The highest BCUT2D eigenvalue weighted by molar-refractivity contribution is 5.94. The van der Waals surface area contributed by atoms with Gasteiger partial charge in [0.15, 0.2) is 0 Å². The molecule has 0 aliphatic carbocycles. The third kappa shape index (κ3) is 3.72. The lowest BCUT2D eigenvalue weighted by molar-refractivity contribution is -0.138. The maximum absolute atomic E-state index is 12.9. The van der Waals surface area contributed by atoms with Crippen LogP contribution >= 0.6 is 0 Å². The quantitative estimate of drug-likeness (QED) is 0.912. The summed E-state index contributed by atoms with van der Waals surface area (Å²) in [6.07, 6.45) is -2.00. The van der Waals surface area contributed by atoms with Crippen LogP contribution in [0, 0.1) is 0 Å². The van der Waals surface area contributed by atoms with Gasteiger partial charge >= 0.3 is 6.18 Å². The topological polar surface area (TPSA) is 45.2 Å². The van der Waals surface area contributed by atoms with Gasteiger partial charge in [0, 0.05) is 24.8 Å². The van der Waals surface area contributed by atoms with E-state index in [0.717, 1.165) is 19.2 Å². The minimum Gasteiger partial charge on any atom is -0.345 e. The smallest absolute Gasteiger partial charge is 0.345 e. The molecule has 1 aromatic heterocycles. The summed E-state index contributed by atoms with van der Waals surface area (Å²) in [5.41, 5.74) is -2.06. The van der Waals surface area contributed by atoms with E-state index in [0.29, 0.717) is 12.8 Å². The van der Waals surface area contributed by atoms with Crippen molar-refractivity contribution in [2.45, 2.75) is 31.5 Å². The van der Waals surface area contributed by atoms with Gasteiger partial charge in [-0.25, -0.2) is 0 Å².